The van der Waals surface area contributed by atoms with Gasteiger partial charge in [0.2, 0.25) is 41.4 Å². The van der Waals surface area contributed by atoms with Crippen LogP contribution in [0.5, 0.6) is 5.75 Å². The largest absolute Gasteiger partial charge is 0.508 e. The Hall–Kier alpha value is -7.23. The molecule has 1 aromatic carbocycles. The van der Waals surface area contributed by atoms with Crippen molar-refractivity contribution in [3.8, 4) is 5.75 Å². The summed E-state index contributed by atoms with van der Waals surface area (Å²) in [5, 5.41) is 43.3. The topological polar surface area (TPSA) is 494 Å². The molecular formula is C60H100N12O15. The highest BCUT2D eigenvalue weighted by Crippen LogP contribution is 2.25. The average molecular weight is 1230 g/mol. The van der Waals surface area contributed by atoms with Crippen LogP contribution in [0.2, 0.25) is 0 Å². The highest BCUT2D eigenvalue weighted by molar-refractivity contribution is 5.99. The molecule has 0 heterocycles. The quantitative estimate of drug-likeness (QED) is 0.0220. The third-order valence-corrected chi connectivity index (χ3v) is 15.5. The van der Waals surface area contributed by atoms with E-state index in [1.807, 2.05) is 0 Å². The number of guanidine groups is 1. The number of amides is 7. The van der Waals surface area contributed by atoms with Crippen LogP contribution >= 0.6 is 0 Å². The number of aliphatic imine (C=N–C) groups is 1. The van der Waals surface area contributed by atoms with Crippen LogP contribution in [0.3, 0.4) is 0 Å². The first-order valence-corrected chi connectivity index (χ1v) is 30.1. The zero-order chi connectivity index (χ0) is 66.1. The van der Waals surface area contributed by atoms with Gasteiger partial charge in [0.15, 0.2) is 34.9 Å². The van der Waals surface area contributed by atoms with Crippen LogP contribution in [0, 0.1) is 41.4 Å². The van der Waals surface area contributed by atoms with Crippen molar-refractivity contribution in [3.63, 3.8) is 0 Å². The van der Waals surface area contributed by atoms with E-state index in [0.717, 1.165) is 0 Å². The number of aliphatic hydroxyl groups is 2. The number of primary amides is 2. The summed E-state index contributed by atoms with van der Waals surface area (Å²) >= 11 is 0. The number of nitrogens with zero attached hydrogens (tertiary/aromatic N) is 1. The molecular weight excluding hydrogens is 1130 g/mol. The Kier molecular flexibility index (Phi) is 36.7. The molecule has 0 fully saturated rings. The van der Waals surface area contributed by atoms with E-state index in [0.29, 0.717) is 44.2 Å². The molecule has 1 rings (SSSR count). The molecule has 0 saturated carbocycles. The number of carbonyl (C=O) groups is 12. The van der Waals surface area contributed by atoms with Crippen molar-refractivity contribution in [2.24, 2.45) is 80.8 Å². The molecule has 27 heteroatoms. The fourth-order valence-corrected chi connectivity index (χ4v) is 9.82. The molecule has 1 aromatic rings. The number of nitrogens with one attached hydrogen (secondary N) is 5. The van der Waals surface area contributed by atoms with E-state index in [1.165, 1.54) is 45.0 Å². The normalized spacial score (nSPS) is 15.4. The van der Waals surface area contributed by atoms with Gasteiger partial charge < -0.3 is 76.3 Å². The first-order valence-electron chi connectivity index (χ1n) is 30.1. The number of Topliss-reactive ketones (excluding diaryl/α,β-unsaturated/α-hetero) is 5. The van der Waals surface area contributed by atoms with Crippen LogP contribution < -0.4 is 61.0 Å². The third-order valence-electron chi connectivity index (χ3n) is 15.5. The second-order valence-corrected chi connectivity index (χ2v) is 23.1. The summed E-state index contributed by atoms with van der Waals surface area (Å²) in [6.07, 6.45) is -1.87. The highest BCUT2D eigenvalue weighted by atomic mass is 16.3. The molecule has 490 valence electrons. The minimum absolute atomic E-state index is 0.0228. The number of nitrogens with two attached hydrogens (primary N) is 6. The third kappa shape index (κ3) is 29.8. The second kappa shape index (κ2) is 41.0. The standard InChI is InChI=1S/C60H100N12O15/c1-8-34(4)44(31-52(81)54(36(6)74)69-37(7)75)59(87)72-47(21-22-53(63)82)50(79)28-40(26-38-17-19-42(76)20-18-38)57(85)70-46(16-13-25-67-60(65)66)49(78)27-39(14-9-11-23-61)56(84)68-35(5)48(77)30-43(33(2)3)58(86)71-45(15-10-12-24-62)51(80)29-41(32-73)55(64)83/h17-20,33-36,39-41,43-47,54,73-74,76H,8-16,21-32,61-62H2,1-7H3,(H2,63,82)(H2,64,83)(H,68,84)(H,69,75)(H,70,85)(H,71,86)(H,72,87)(H4,65,66,67)/t34-,35-,36+,39+,40+,41-,43-,44-,45-,46-,47-,54-/m0/s1. The van der Waals surface area contributed by atoms with Gasteiger partial charge in [-0.2, -0.15) is 0 Å². The summed E-state index contributed by atoms with van der Waals surface area (Å²) in [6, 6.07) is -0.594. The fraction of sp³-hybridized carbons (Fsp3) is 0.683. The average Bonchev–Trinajstić information content (AvgIpc) is 3.21. The molecule has 7 amide bonds. The van der Waals surface area contributed by atoms with Crippen LogP contribution in [-0.2, 0) is 64.0 Å². The maximum absolute atomic E-state index is 14.7. The molecule has 0 aromatic heterocycles. The number of phenols is 1. The van der Waals surface area contributed by atoms with Crippen molar-refractivity contribution in [1.82, 2.24) is 26.6 Å². The van der Waals surface area contributed by atoms with Crippen LogP contribution in [0.25, 0.3) is 0 Å². The summed E-state index contributed by atoms with van der Waals surface area (Å²) in [5.74, 6) is -15.1. The summed E-state index contributed by atoms with van der Waals surface area (Å²) in [4.78, 5) is 167. The van der Waals surface area contributed by atoms with Gasteiger partial charge in [-0.25, -0.2) is 0 Å². The van der Waals surface area contributed by atoms with Gasteiger partial charge in [0.1, 0.15) is 11.8 Å². The molecule has 0 spiro atoms. The molecule has 0 bridgehead atoms. The number of benzene rings is 1. The summed E-state index contributed by atoms with van der Waals surface area (Å²) in [6.45, 7) is 10.7. The predicted molar refractivity (Wildman–Crippen MR) is 325 cm³/mol. The minimum atomic E-state index is -1.43. The first-order chi connectivity index (χ1) is 40.9. The monoisotopic (exact) mass is 1230 g/mol. The summed E-state index contributed by atoms with van der Waals surface area (Å²) < 4.78 is 0. The van der Waals surface area contributed by atoms with E-state index in [4.69, 9.17) is 34.4 Å². The molecule has 0 aliphatic rings. The molecule has 0 radical (unpaired) electrons. The van der Waals surface area contributed by atoms with Crippen molar-refractivity contribution in [1.29, 1.82) is 0 Å². The van der Waals surface area contributed by atoms with Gasteiger partial charge in [0.05, 0.1) is 42.8 Å². The van der Waals surface area contributed by atoms with Gasteiger partial charge in [-0.15, -0.1) is 0 Å². The van der Waals surface area contributed by atoms with Crippen LogP contribution in [-0.4, -0.2) is 154 Å². The van der Waals surface area contributed by atoms with E-state index in [-0.39, 0.29) is 76.2 Å². The van der Waals surface area contributed by atoms with E-state index in [2.05, 4.69) is 31.6 Å². The Morgan fingerprint density at radius 3 is 1.52 bits per heavy atom. The number of rotatable bonds is 47. The van der Waals surface area contributed by atoms with Crippen molar-refractivity contribution < 1.29 is 72.9 Å². The number of carbonyl (C=O) groups excluding carboxylic acids is 12. The molecule has 87 heavy (non-hydrogen) atoms. The first kappa shape index (κ1) is 77.8. The maximum Gasteiger partial charge on any atom is 0.224 e. The van der Waals surface area contributed by atoms with E-state index < -0.39 is 180 Å². The van der Waals surface area contributed by atoms with Crippen molar-refractivity contribution in [2.75, 3.05) is 26.2 Å². The predicted octanol–water partition coefficient (Wildman–Crippen LogP) is -0.587. The summed E-state index contributed by atoms with van der Waals surface area (Å²) in [5.41, 5.74) is 34.0. The molecule has 0 unspecified atom stereocenters. The Morgan fingerprint density at radius 2 is 1.03 bits per heavy atom. The molecule has 0 aliphatic carbocycles. The number of hydrogen-bond donors (Lipinski definition) is 14. The molecule has 20 N–H and O–H groups in total. The summed E-state index contributed by atoms with van der Waals surface area (Å²) in [7, 11) is 0. The highest BCUT2D eigenvalue weighted by Gasteiger charge is 2.38. The number of unbranched alkanes of at least 4 members (excludes halogenated alkanes) is 2. The van der Waals surface area contributed by atoms with Crippen molar-refractivity contribution in [2.45, 2.75) is 194 Å². The lowest BCUT2D eigenvalue weighted by Crippen LogP contribution is -2.50. The number of aliphatic hydroxyl groups excluding tert-OH is 2. The van der Waals surface area contributed by atoms with E-state index in [9.17, 15) is 72.9 Å². The minimum Gasteiger partial charge on any atom is -0.508 e. The van der Waals surface area contributed by atoms with Gasteiger partial charge in [-0.05, 0) is 114 Å². The van der Waals surface area contributed by atoms with Crippen molar-refractivity contribution >= 4 is 76.2 Å². The Bertz CT molecular complexity index is 2470. The lowest BCUT2D eigenvalue weighted by atomic mass is 9.84. The van der Waals surface area contributed by atoms with Gasteiger partial charge >= 0.3 is 0 Å². The molecule has 27 nitrogen and oxygen atoms in total. The Labute approximate surface area is 510 Å². The number of aromatic hydroxyl groups is 1. The second-order valence-electron chi connectivity index (χ2n) is 23.1. The van der Waals surface area contributed by atoms with Gasteiger partial charge in [-0.1, -0.05) is 52.7 Å². The smallest absolute Gasteiger partial charge is 0.224 e. The fourth-order valence-electron chi connectivity index (χ4n) is 9.82. The zero-order valence-corrected chi connectivity index (χ0v) is 51.8. The molecule has 12 atom stereocenters. The van der Waals surface area contributed by atoms with Gasteiger partial charge in [-0.3, -0.25) is 62.5 Å². The van der Waals surface area contributed by atoms with Crippen molar-refractivity contribution in [3.05, 3.63) is 29.8 Å². The number of phenolic OH excluding ortho intramolecular Hbond substituents is 1. The molecule has 0 aliphatic heterocycles. The Balaban J connectivity index is 3.69. The maximum atomic E-state index is 14.7. The lowest BCUT2D eigenvalue weighted by molar-refractivity contribution is -0.137. The zero-order valence-electron chi connectivity index (χ0n) is 51.8. The van der Waals surface area contributed by atoms with Crippen LogP contribution in [0.1, 0.15) is 157 Å². The van der Waals surface area contributed by atoms with E-state index >= 15 is 0 Å². The lowest BCUT2D eigenvalue weighted by Gasteiger charge is -2.28. The van der Waals surface area contributed by atoms with Crippen LogP contribution in [0.15, 0.2) is 29.3 Å². The number of ketones is 5. The molecule has 0 saturated heterocycles. The Morgan fingerprint density at radius 1 is 0.552 bits per heavy atom. The number of hydrogen-bond acceptors (Lipinski definition) is 18. The van der Waals surface area contributed by atoms with Gasteiger partial charge in [0.25, 0.3) is 0 Å². The van der Waals surface area contributed by atoms with Gasteiger partial charge in [0, 0.05) is 75.7 Å². The van der Waals surface area contributed by atoms with Crippen LogP contribution in [0.4, 0.5) is 0 Å². The van der Waals surface area contributed by atoms with E-state index in [1.54, 1.807) is 27.7 Å². The SMILES string of the molecule is CC[C@H](C)[C@H](CC(=O)[C@@H](NC(C)=O)[C@@H](C)O)C(=O)N[C@@H](CCC(N)=O)C(=O)C[C@@H](Cc1ccc(O)cc1)C(=O)N[C@@H](CCCN=C(N)N)C(=O)C[C@@H](CCCCN)C(=O)N[C@@H](C)C(=O)C[C@H](C(=O)N[C@@H](CCCCN)C(=O)C[C@@H](CO)C(N)=O)C(C)C.